The lowest BCUT2D eigenvalue weighted by molar-refractivity contribution is -0.0932. The summed E-state index contributed by atoms with van der Waals surface area (Å²) in [5.41, 5.74) is 3.16. The molecule has 1 atom stereocenters. The molecular formula is C11H22O2Si. The number of allylic oxidation sites excluding steroid dienone is 1. The zero-order valence-corrected chi connectivity index (χ0v) is 11.2. The van der Waals surface area contributed by atoms with Crippen molar-refractivity contribution < 1.29 is 9.47 Å². The molecule has 82 valence electrons. The van der Waals surface area contributed by atoms with Gasteiger partial charge in [0, 0.05) is 6.61 Å². The second-order valence-corrected chi connectivity index (χ2v) is 9.11. The summed E-state index contributed by atoms with van der Waals surface area (Å²) in [4.78, 5) is 0. The molecule has 0 aliphatic carbocycles. The van der Waals surface area contributed by atoms with Gasteiger partial charge in [0.05, 0.1) is 0 Å². The summed E-state index contributed by atoms with van der Waals surface area (Å²) in [6, 6.07) is 0. The van der Waals surface area contributed by atoms with E-state index in [1.807, 2.05) is 26.8 Å². The highest BCUT2D eigenvalue weighted by molar-refractivity contribution is 6.82. The van der Waals surface area contributed by atoms with Crippen molar-refractivity contribution in [3.63, 3.8) is 0 Å². The van der Waals surface area contributed by atoms with E-state index in [1.54, 1.807) is 0 Å². The molecule has 14 heavy (non-hydrogen) atoms. The molecule has 0 heterocycles. The van der Waals surface area contributed by atoms with Crippen LogP contribution in [0.15, 0.2) is 17.2 Å². The summed E-state index contributed by atoms with van der Waals surface area (Å²) >= 11 is 0. The van der Waals surface area contributed by atoms with Gasteiger partial charge >= 0.3 is 0 Å². The average Bonchev–Trinajstić information content (AvgIpc) is 2.02. The molecule has 0 fully saturated rings. The van der Waals surface area contributed by atoms with Crippen LogP contribution in [0.1, 0.15) is 20.8 Å². The molecule has 0 spiro atoms. The van der Waals surface area contributed by atoms with Crippen molar-refractivity contribution in [2.75, 3.05) is 6.61 Å². The first kappa shape index (κ1) is 13.5. The van der Waals surface area contributed by atoms with Crippen LogP contribution in [-0.2, 0) is 9.47 Å². The van der Waals surface area contributed by atoms with Crippen LogP contribution in [0.5, 0.6) is 0 Å². The van der Waals surface area contributed by atoms with Crippen LogP contribution in [0.25, 0.3) is 0 Å². The fourth-order valence-corrected chi connectivity index (χ4v) is 2.09. The van der Waals surface area contributed by atoms with Crippen LogP contribution in [0.4, 0.5) is 0 Å². The third kappa shape index (κ3) is 5.27. The Balaban J connectivity index is 4.49. The molecule has 0 aromatic carbocycles. The first-order valence-corrected chi connectivity index (χ1v) is 8.61. The highest BCUT2D eigenvalue weighted by Crippen LogP contribution is 2.16. The molecule has 0 saturated carbocycles. The van der Waals surface area contributed by atoms with E-state index >= 15 is 0 Å². The number of rotatable bonds is 5. The number of hydrogen-bond acceptors (Lipinski definition) is 2. The quantitative estimate of drug-likeness (QED) is 0.302. The molecule has 2 nitrogen and oxygen atoms in total. The van der Waals surface area contributed by atoms with Gasteiger partial charge in [-0.25, -0.2) is 0 Å². The molecule has 0 aliphatic rings. The zero-order chi connectivity index (χ0) is 11.2. The minimum atomic E-state index is -1.43. The van der Waals surface area contributed by atoms with E-state index in [0.29, 0.717) is 6.61 Å². The molecule has 0 saturated heterocycles. The van der Waals surface area contributed by atoms with Crippen LogP contribution >= 0.6 is 0 Å². The second-order valence-electron chi connectivity index (χ2n) is 4.15. The summed E-state index contributed by atoms with van der Waals surface area (Å²) in [6.07, 6.45) is 1.72. The van der Waals surface area contributed by atoms with E-state index < -0.39 is 8.07 Å². The summed E-state index contributed by atoms with van der Waals surface area (Å²) in [6.45, 7) is 13.2. The Morgan fingerprint density at radius 1 is 1.43 bits per heavy atom. The van der Waals surface area contributed by atoms with E-state index in [0.717, 1.165) is 5.38 Å². The third-order valence-electron chi connectivity index (χ3n) is 1.64. The Kier molecular flexibility index (Phi) is 5.85. The minimum absolute atomic E-state index is 0.172. The lowest BCUT2D eigenvalue weighted by Gasteiger charge is -2.23. The first-order valence-electron chi connectivity index (χ1n) is 5.11. The Hall–Kier alpha value is -0.503. The largest absolute Gasteiger partial charge is 0.467 e. The van der Waals surface area contributed by atoms with Gasteiger partial charge in [-0.15, -0.1) is 0 Å². The maximum atomic E-state index is 5.71. The Morgan fingerprint density at radius 2 is 2.00 bits per heavy atom. The van der Waals surface area contributed by atoms with Gasteiger partial charge in [0.2, 0.25) is 0 Å². The fraction of sp³-hybridized carbons (Fsp3) is 0.727. The zero-order valence-electron chi connectivity index (χ0n) is 10.2. The maximum Gasteiger partial charge on any atom is 0.196 e. The summed E-state index contributed by atoms with van der Waals surface area (Å²) in [7, 11) is -1.43. The van der Waals surface area contributed by atoms with E-state index in [4.69, 9.17) is 9.47 Å². The Labute approximate surface area is 88.6 Å². The molecule has 0 radical (unpaired) electrons. The lowest BCUT2D eigenvalue weighted by Crippen LogP contribution is -2.28. The van der Waals surface area contributed by atoms with Crippen molar-refractivity contribution >= 4 is 8.07 Å². The molecular weight excluding hydrogens is 192 g/mol. The topological polar surface area (TPSA) is 18.5 Å². The SMILES string of the molecule is CC=C=C(OC(C)OCC)[Si](C)(C)C. The molecule has 0 aliphatic heterocycles. The van der Waals surface area contributed by atoms with Crippen molar-refractivity contribution in [2.24, 2.45) is 0 Å². The molecule has 1 unspecified atom stereocenters. The Morgan fingerprint density at radius 3 is 2.36 bits per heavy atom. The predicted molar refractivity (Wildman–Crippen MR) is 62.8 cm³/mol. The summed E-state index contributed by atoms with van der Waals surface area (Å²) in [5, 5.41) is 0.973. The van der Waals surface area contributed by atoms with Gasteiger partial charge in [0.1, 0.15) is 13.5 Å². The van der Waals surface area contributed by atoms with Gasteiger partial charge in [-0.1, -0.05) is 25.4 Å². The van der Waals surface area contributed by atoms with Gasteiger partial charge in [0.25, 0.3) is 0 Å². The van der Waals surface area contributed by atoms with Crippen LogP contribution < -0.4 is 0 Å². The van der Waals surface area contributed by atoms with E-state index in [-0.39, 0.29) is 6.29 Å². The van der Waals surface area contributed by atoms with E-state index in [2.05, 4.69) is 25.4 Å². The van der Waals surface area contributed by atoms with Gasteiger partial charge in [0.15, 0.2) is 6.29 Å². The molecule has 3 heteroatoms. The first-order chi connectivity index (χ1) is 6.41. The van der Waals surface area contributed by atoms with Crippen molar-refractivity contribution in [1.29, 1.82) is 0 Å². The van der Waals surface area contributed by atoms with Crippen molar-refractivity contribution in [2.45, 2.75) is 46.7 Å². The standard InChI is InChI=1S/C11H22O2Si/c1-7-9-11(14(4,5)6)13-10(3)12-8-2/h7,10H,8H2,1-6H3. The highest BCUT2D eigenvalue weighted by atomic mass is 28.3. The molecule has 0 rings (SSSR count). The lowest BCUT2D eigenvalue weighted by atomic mass is 10.7. The second kappa shape index (κ2) is 6.07. The third-order valence-corrected chi connectivity index (χ3v) is 3.27. The fourth-order valence-electron chi connectivity index (χ4n) is 0.993. The highest BCUT2D eigenvalue weighted by Gasteiger charge is 2.23. The molecule has 0 aromatic rings. The van der Waals surface area contributed by atoms with Gasteiger partial charge in [-0.05, 0) is 26.8 Å². The van der Waals surface area contributed by atoms with Crippen LogP contribution in [0.3, 0.4) is 0 Å². The van der Waals surface area contributed by atoms with Gasteiger partial charge in [-0.3, -0.25) is 0 Å². The smallest absolute Gasteiger partial charge is 0.196 e. The number of hydrogen-bond donors (Lipinski definition) is 0. The van der Waals surface area contributed by atoms with Crippen LogP contribution in [-0.4, -0.2) is 21.0 Å². The van der Waals surface area contributed by atoms with E-state index in [9.17, 15) is 0 Å². The van der Waals surface area contributed by atoms with Crippen molar-refractivity contribution in [1.82, 2.24) is 0 Å². The van der Waals surface area contributed by atoms with Gasteiger partial charge in [-0.2, -0.15) is 0 Å². The minimum Gasteiger partial charge on any atom is -0.467 e. The molecule has 0 bridgehead atoms. The normalized spacial score (nSPS) is 13.0. The average molecular weight is 214 g/mol. The maximum absolute atomic E-state index is 5.71. The van der Waals surface area contributed by atoms with Crippen LogP contribution in [0, 0.1) is 0 Å². The number of ether oxygens (including phenoxy) is 2. The Bertz CT molecular complexity index is 222. The monoisotopic (exact) mass is 214 g/mol. The van der Waals surface area contributed by atoms with E-state index in [1.165, 1.54) is 0 Å². The predicted octanol–water partition coefficient (Wildman–Crippen LogP) is 3.32. The van der Waals surface area contributed by atoms with Crippen molar-refractivity contribution in [3.05, 3.63) is 17.2 Å². The van der Waals surface area contributed by atoms with Crippen LogP contribution in [0.2, 0.25) is 19.6 Å². The molecule has 0 N–H and O–H groups in total. The molecule has 0 amide bonds. The summed E-state index contributed by atoms with van der Waals surface area (Å²) in [5.74, 6) is 0. The van der Waals surface area contributed by atoms with Gasteiger partial charge < -0.3 is 9.47 Å². The summed E-state index contributed by atoms with van der Waals surface area (Å²) < 4.78 is 11.0. The molecule has 0 aromatic heterocycles. The van der Waals surface area contributed by atoms with Crippen molar-refractivity contribution in [3.8, 4) is 0 Å².